The number of carbonyl (C=O) groups excluding carboxylic acids is 3. The minimum absolute atomic E-state index is 0.291. The van der Waals surface area contributed by atoms with Crippen LogP contribution in [0.25, 0.3) is 0 Å². The van der Waals surface area contributed by atoms with Crippen LogP contribution < -0.4 is 11.1 Å². The van der Waals surface area contributed by atoms with E-state index in [1.165, 1.54) is 11.3 Å². The lowest BCUT2D eigenvalue weighted by Gasteiger charge is -2.11. The van der Waals surface area contributed by atoms with E-state index in [0.717, 1.165) is 36.1 Å². The number of hydrogen-bond donors (Lipinski definition) is 2. The number of furan rings is 1. The molecule has 3 N–H and O–H groups in total. The van der Waals surface area contributed by atoms with Gasteiger partial charge in [0.1, 0.15) is 22.1 Å². The van der Waals surface area contributed by atoms with Crippen LogP contribution in [0, 0.1) is 13.8 Å². The Morgan fingerprint density at radius 1 is 1.27 bits per heavy atom. The summed E-state index contributed by atoms with van der Waals surface area (Å²) in [5.41, 5.74) is 7.10. The first-order valence-electron chi connectivity index (χ1n) is 8.35. The molecule has 0 bridgehead atoms. The zero-order valence-electron chi connectivity index (χ0n) is 14.6. The molecule has 1 aliphatic rings. The Morgan fingerprint density at radius 2 is 2.00 bits per heavy atom. The van der Waals surface area contributed by atoms with Gasteiger partial charge in [-0.3, -0.25) is 9.59 Å². The van der Waals surface area contributed by atoms with Crippen LogP contribution in [-0.2, 0) is 22.4 Å². The molecule has 138 valence electrons. The van der Waals surface area contributed by atoms with E-state index < -0.39 is 24.4 Å². The van der Waals surface area contributed by atoms with E-state index in [9.17, 15) is 14.4 Å². The molecule has 0 atom stereocenters. The second-order valence-corrected chi connectivity index (χ2v) is 7.34. The van der Waals surface area contributed by atoms with Crippen molar-refractivity contribution in [2.75, 3.05) is 11.9 Å². The van der Waals surface area contributed by atoms with Crippen LogP contribution in [0.3, 0.4) is 0 Å². The number of nitrogens with two attached hydrogens (primary N) is 1. The van der Waals surface area contributed by atoms with Crippen molar-refractivity contribution < 1.29 is 23.5 Å². The molecule has 0 aromatic carbocycles. The first-order chi connectivity index (χ1) is 12.4. The normalized spacial score (nSPS) is 13.2. The number of rotatable bonds is 5. The summed E-state index contributed by atoms with van der Waals surface area (Å²) in [5, 5.41) is 3.09. The number of anilines is 1. The number of fused-ring (bicyclic) bond motifs is 1. The maximum Gasteiger partial charge on any atom is 0.342 e. The highest BCUT2D eigenvalue weighted by molar-refractivity contribution is 7.17. The van der Waals surface area contributed by atoms with Crippen LogP contribution in [0.1, 0.15) is 55.5 Å². The van der Waals surface area contributed by atoms with E-state index in [1.54, 1.807) is 19.9 Å². The number of primary amides is 1. The van der Waals surface area contributed by atoms with E-state index in [1.807, 2.05) is 0 Å². The second kappa shape index (κ2) is 7.33. The largest absolute Gasteiger partial charge is 0.466 e. The number of nitrogens with one attached hydrogen (secondary N) is 1. The van der Waals surface area contributed by atoms with E-state index in [0.29, 0.717) is 27.6 Å². The van der Waals surface area contributed by atoms with Gasteiger partial charge in [0.2, 0.25) is 0 Å². The smallest absolute Gasteiger partial charge is 0.342 e. The average molecular weight is 376 g/mol. The van der Waals surface area contributed by atoms with Gasteiger partial charge >= 0.3 is 5.97 Å². The summed E-state index contributed by atoms with van der Waals surface area (Å²) in [6.07, 6.45) is 3.72. The Kier molecular flexibility index (Phi) is 5.13. The molecule has 0 saturated carbocycles. The fourth-order valence-electron chi connectivity index (χ4n) is 3.12. The number of carbonyl (C=O) groups is 3. The lowest BCUT2D eigenvalue weighted by Crippen LogP contribution is -2.23. The van der Waals surface area contributed by atoms with Crippen molar-refractivity contribution >= 4 is 34.1 Å². The summed E-state index contributed by atoms with van der Waals surface area (Å²) in [5.74, 6) is -0.669. The molecule has 0 unspecified atom stereocenters. The third-order valence-corrected chi connectivity index (χ3v) is 5.47. The molecule has 2 aromatic rings. The first kappa shape index (κ1) is 18.2. The summed E-state index contributed by atoms with van der Waals surface area (Å²) in [6.45, 7) is 2.92. The molecule has 0 aliphatic heterocycles. The van der Waals surface area contributed by atoms with Crippen molar-refractivity contribution in [2.45, 2.75) is 39.5 Å². The van der Waals surface area contributed by atoms with Gasteiger partial charge in [-0.2, -0.15) is 0 Å². The minimum atomic E-state index is -0.630. The van der Waals surface area contributed by atoms with Crippen LogP contribution >= 0.6 is 11.3 Å². The van der Waals surface area contributed by atoms with Crippen LogP contribution in [0.2, 0.25) is 0 Å². The van der Waals surface area contributed by atoms with Crippen LogP contribution in [0.4, 0.5) is 5.00 Å². The topological polar surface area (TPSA) is 112 Å². The third kappa shape index (κ3) is 3.65. The average Bonchev–Trinajstić information content (AvgIpc) is 3.11. The van der Waals surface area contributed by atoms with Crippen molar-refractivity contribution in [1.82, 2.24) is 0 Å². The minimum Gasteiger partial charge on any atom is -0.466 e. The number of amides is 2. The second-order valence-electron chi connectivity index (χ2n) is 6.23. The van der Waals surface area contributed by atoms with E-state index in [2.05, 4.69) is 5.32 Å². The predicted molar refractivity (Wildman–Crippen MR) is 96.6 cm³/mol. The fraction of sp³-hybridized carbons (Fsp3) is 0.389. The van der Waals surface area contributed by atoms with Gasteiger partial charge in [0.15, 0.2) is 6.61 Å². The molecule has 0 saturated heterocycles. The Labute approximate surface area is 154 Å². The molecule has 0 spiro atoms. The van der Waals surface area contributed by atoms with Gasteiger partial charge in [0, 0.05) is 4.88 Å². The lowest BCUT2D eigenvalue weighted by molar-refractivity contribution is -0.119. The maximum absolute atomic E-state index is 12.2. The van der Waals surface area contributed by atoms with Gasteiger partial charge in [-0.05, 0) is 51.2 Å². The standard InChI is InChI=1S/C18H20N2O5S/c1-9-7-12(10(2)25-9)18(23)24-8-14(21)20-17-15(16(19)22)11-5-3-4-6-13(11)26-17/h7H,3-6,8H2,1-2H3,(H2,19,22)(H,20,21). The molecule has 2 heterocycles. The molecule has 3 rings (SSSR count). The first-order valence-corrected chi connectivity index (χ1v) is 9.16. The molecule has 0 radical (unpaired) electrons. The lowest BCUT2D eigenvalue weighted by atomic mass is 9.95. The highest BCUT2D eigenvalue weighted by atomic mass is 32.1. The van der Waals surface area contributed by atoms with Crippen molar-refractivity contribution in [3.63, 3.8) is 0 Å². The van der Waals surface area contributed by atoms with Gasteiger partial charge in [-0.1, -0.05) is 0 Å². The summed E-state index contributed by atoms with van der Waals surface area (Å²) in [6, 6.07) is 1.56. The molecule has 7 nitrogen and oxygen atoms in total. The van der Waals surface area contributed by atoms with Crippen LogP contribution in [0.15, 0.2) is 10.5 Å². The maximum atomic E-state index is 12.2. The fourth-order valence-corrected chi connectivity index (χ4v) is 4.43. The summed E-state index contributed by atoms with van der Waals surface area (Å²) < 4.78 is 10.3. The molecule has 2 aromatic heterocycles. The van der Waals surface area contributed by atoms with Crippen LogP contribution in [0.5, 0.6) is 0 Å². The molecule has 0 fully saturated rings. The molecule has 8 heteroatoms. The number of hydrogen-bond acceptors (Lipinski definition) is 6. The SMILES string of the molecule is Cc1cc(C(=O)OCC(=O)Nc2sc3c(c2C(N)=O)CCCC3)c(C)o1. The molecule has 26 heavy (non-hydrogen) atoms. The van der Waals surface area contributed by atoms with Crippen molar-refractivity contribution in [2.24, 2.45) is 5.73 Å². The van der Waals surface area contributed by atoms with Gasteiger partial charge < -0.3 is 20.2 Å². The van der Waals surface area contributed by atoms with Gasteiger partial charge in [-0.15, -0.1) is 11.3 Å². The Morgan fingerprint density at radius 3 is 2.65 bits per heavy atom. The van der Waals surface area contributed by atoms with Crippen molar-refractivity contribution in [3.05, 3.63) is 39.2 Å². The summed E-state index contributed by atoms with van der Waals surface area (Å²) in [7, 11) is 0. The van der Waals surface area contributed by atoms with Gasteiger partial charge in [-0.25, -0.2) is 4.79 Å². The van der Waals surface area contributed by atoms with Gasteiger partial charge in [0.05, 0.1) is 5.56 Å². The Bertz CT molecular complexity index is 881. The van der Waals surface area contributed by atoms with Gasteiger partial charge in [0.25, 0.3) is 11.8 Å². The quantitative estimate of drug-likeness (QED) is 0.779. The third-order valence-electron chi connectivity index (χ3n) is 4.27. The van der Waals surface area contributed by atoms with E-state index in [4.69, 9.17) is 14.9 Å². The summed E-state index contributed by atoms with van der Waals surface area (Å²) >= 11 is 1.37. The van der Waals surface area contributed by atoms with Crippen LogP contribution in [-0.4, -0.2) is 24.4 Å². The highest BCUT2D eigenvalue weighted by Gasteiger charge is 2.25. The zero-order valence-corrected chi connectivity index (χ0v) is 15.5. The van der Waals surface area contributed by atoms with E-state index >= 15 is 0 Å². The van der Waals surface area contributed by atoms with Crippen molar-refractivity contribution in [1.29, 1.82) is 0 Å². The number of aryl methyl sites for hydroxylation is 3. The molecule has 2 amide bonds. The number of ether oxygens (including phenoxy) is 1. The molecule has 1 aliphatic carbocycles. The Balaban J connectivity index is 1.67. The predicted octanol–water partition coefficient (Wildman–Crippen LogP) is 2.73. The monoisotopic (exact) mass is 376 g/mol. The van der Waals surface area contributed by atoms with E-state index in [-0.39, 0.29) is 0 Å². The number of thiophene rings is 1. The summed E-state index contributed by atoms with van der Waals surface area (Å²) in [4.78, 5) is 37.1. The zero-order chi connectivity index (χ0) is 18.8. The Hall–Kier alpha value is -2.61. The highest BCUT2D eigenvalue weighted by Crippen LogP contribution is 2.37. The van der Waals surface area contributed by atoms with Crippen molar-refractivity contribution in [3.8, 4) is 0 Å². The molecular formula is C18H20N2O5S. The molecular weight excluding hydrogens is 356 g/mol. The number of esters is 1.